The molecule has 0 saturated heterocycles. The maximum absolute atomic E-state index is 6.55. The van der Waals surface area contributed by atoms with Gasteiger partial charge >= 0.3 is 0 Å². The molecular weight excluding hydrogens is 583 g/mol. The third-order valence-electron chi connectivity index (χ3n) is 10.2. The van der Waals surface area contributed by atoms with Gasteiger partial charge in [0, 0.05) is 10.9 Å². The smallest absolute Gasteiger partial charge is 0.227 e. The monoisotopic (exact) mass is 611 g/mol. The van der Waals surface area contributed by atoms with Gasteiger partial charge in [0.05, 0.1) is 5.41 Å². The highest BCUT2D eigenvalue weighted by molar-refractivity contribution is 6.09. The summed E-state index contributed by atoms with van der Waals surface area (Å²) in [5, 5.41) is 4.59. The zero-order valence-electron chi connectivity index (χ0n) is 26.1. The standard InChI is InChI=1S/C46H29NO/c1-3-18-33(19-4-1)46(34-20-5-2-6-21-34)39-26-10-9-22-37(39)44-36(24-13-27-40(44)46)35-23-11-16-30-17-12-25-38(43(30)35)45-47-41-28-31-14-7-8-15-32(31)29-42(41)48-45/h1-29H. The number of fused-ring (bicyclic) bond motifs is 6. The normalized spacial score (nSPS) is 13.2. The van der Waals surface area contributed by atoms with Gasteiger partial charge in [0.1, 0.15) is 5.52 Å². The zero-order chi connectivity index (χ0) is 31.7. The Bertz CT molecular complexity index is 2570. The molecule has 2 nitrogen and oxygen atoms in total. The molecule has 0 bridgehead atoms. The van der Waals surface area contributed by atoms with E-state index in [4.69, 9.17) is 9.40 Å². The molecule has 0 radical (unpaired) electrons. The van der Waals surface area contributed by atoms with E-state index in [-0.39, 0.29) is 0 Å². The van der Waals surface area contributed by atoms with Crippen LogP contribution >= 0.6 is 0 Å². The van der Waals surface area contributed by atoms with E-state index in [9.17, 15) is 0 Å². The molecule has 1 aliphatic carbocycles. The number of rotatable bonds is 4. The van der Waals surface area contributed by atoms with E-state index in [1.807, 2.05) is 0 Å². The lowest BCUT2D eigenvalue weighted by atomic mass is 9.67. The molecule has 0 spiro atoms. The van der Waals surface area contributed by atoms with Crippen molar-refractivity contribution in [1.82, 2.24) is 4.98 Å². The van der Waals surface area contributed by atoms with E-state index in [1.165, 1.54) is 44.5 Å². The molecule has 1 aromatic heterocycles. The van der Waals surface area contributed by atoms with Crippen LogP contribution in [0.3, 0.4) is 0 Å². The molecule has 10 rings (SSSR count). The summed E-state index contributed by atoms with van der Waals surface area (Å²) in [6.07, 6.45) is 0. The van der Waals surface area contributed by atoms with Gasteiger partial charge in [-0.1, -0.05) is 158 Å². The van der Waals surface area contributed by atoms with Crippen LogP contribution in [-0.2, 0) is 5.41 Å². The van der Waals surface area contributed by atoms with Gasteiger partial charge in [0.25, 0.3) is 0 Å². The molecule has 2 heteroatoms. The summed E-state index contributed by atoms with van der Waals surface area (Å²) in [5.74, 6) is 0.634. The molecule has 1 aliphatic rings. The summed E-state index contributed by atoms with van der Waals surface area (Å²) in [6.45, 7) is 0. The highest BCUT2D eigenvalue weighted by Crippen LogP contribution is 2.58. The number of nitrogens with zero attached hydrogens (tertiary/aromatic N) is 1. The van der Waals surface area contributed by atoms with Crippen LogP contribution in [0.15, 0.2) is 180 Å². The average Bonchev–Trinajstić information content (AvgIpc) is 3.71. The van der Waals surface area contributed by atoms with Crippen LogP contribution in [0.4, 0.5) is 0 Å². The van der Waals surface area contributed by atoms with Crippen molar-refractivity contribution in [1.29, 1.82) is 0 Å². The van der Waals surface area contributed by atoms with Crippen LogP contribution in [0.2, 0.25) is 0 Å². The molecule has 1 heterocycles. The van der Waals surface area contributed by atoms with Crippen LogP contribution in [0, 0.1) is 0 Å². The van der Waals surface area contributed by atoms with E-state index in [0.29, 0.717) is 5.89 Å². The summed E-state index contributed by atoms with van der Waals surface area (Å²) in [5.41, 5.74) is 12.2. The number of hydrogen-bond acceptors (Lipinski definition) is 2. The minimum absolute atomic E-state index is 0.458. The molecule has 0 aliphatic heterocycles. The Labute approximate surface area is 278 Å². The first-order chi connectivity index (χ1) is 23.8. The van der Waals surface area contributed by atoms with Crippen molar-refractivity contribution in [2.24, 2.45) is 0 Å². The molecule has 0 amide bonds. The Morgan fingerprint density at radius 2 is 0.958 bits per heavy atom. The number of benzene rings is 8. The topological polar surface area (TPSA) is 26.0 Å². The molecule has 0 atom stereocenters. The number of aromatic nitrogens is 1. The second-order valence-electron chi connectivity index (χ2n) is 12.7. The lowest BCUT2D eigenvalue weighted by molar-refractivity contribution is 0.621. The highest BCUT2D eigenvalue weighted by Gasteiger charge is 2.46. The van der Waals surface area contributed by atoms with Crippen molar-refractivity contribution < 1.29 is 4.42 Å². The Kier molecular flexibility index (Phi) is 5.82. The molecule has 8 aromatic carbocycles. The number of oxazole rings is 1. The van der Waals surface area contributed by atoms with Crippen molar-refractivity contribution in [3.05, 3.63) is 198 Å². The largest absolute Gasteiger partial charge is 0.436 e. The first-order valence-electron chi connectivity index (χ1n) is 16.5. The van der Waals surface area contributed by atoms with Crippen molar-refractivity contribution >= 4 is 32.6 Å². The van der Waals surface area contributed by atoms with Crippen LogP contribution in [0.1, 0.15) is 22.3 Å². The minimum Gasteiger partial charge on any atom is -0.436 e. The van der Waals surface area contributed by atoms with Gasteiger partial charge in [-0.25, -0.2) is 4.98 Å². The Morgan fingerprint density at radius 1 is 0.417 bits per heavy atom. The summed E-state index contributed by atoms with van der Waals surface area (Å²) < 4.78 is 6.55. The quantitative estimate of drug-likeness (QED) is 0.198. The summed E-state index contributed by atoms with van der Waals surface area (Å²) in [7, 11) is 0. The van der Waals surface area contributed by atoms with Crippen molar-refractivity contribution in [3.63, 3.8) is 0 Å². The molecule has 0 unspecified atom stereocenters. The predicted octanol–water partition coefficient (Wildman–Crippen LogP) is 11.8. The maximum atomic E-state index is 6.55. The van der Waals surface area contributed by atoms with Gasteiger partial charge in [0.15, 0.2) is 5.58 Å². The third kappa shape index (κ3) is 3.77. The van der Waals surface area contributed by atoms with Crippen molar-refractivity contribution in [2.75, 3.05) is 0 Å². The zero-order valence-corrected chi connectivity index (χ0v) is 26.1. The van der Waals surface area contributed by atoms with E-state index < -0.39 is 5.41 Å². The second-order valence-corrected chi connectivity index (χ2v) is 12.7. The third-order valence-corrected chi connectivity index (χ3v) is 10.2. The van der Waals surface area contributed by atoms with E-state index >= 15 is 0 Å². The SMILES string of the molecule is c1ccc(C2(c3ccccc3)c3ccccc3-c3c(-c4cccc5cccc(-c6nc7cc8ccccc8cc7o6)c45)cccc32)cc1. The Balaban J connectivity index is 1.27. The van der Waals surface area contributed by atoms with Gasteiger partial charge in [0.2, 0.25) is 5.89 Å². The predicted molar refractivity (Wildman–Crippen MR) is 197 cm³/mol. The lowest BCUT2D eigenvalue weighted by Crippen LogP contribution is -2.28. The summed E-state index contributed by atoms with van der Waals surface area (Å²) >= 11 is 0. The summed E-state index contributed by atoms with van der Waals surface area (Å²) in [4.78, 5) is 5.06. The maximum Gasteiger partial charge on any atom is 0.227 e. The van der Waals surface area contributed by atoms with Crippen LogP contribution in [-0.4, -0.2) is 4.98 Å². The molecule has 9 aromatic rings. The second kappa shape index (κ2) is 10.4. The van der Waals surface area contributed by atoms with Gasteiger partial charge in [-0.05, 0) is 78.9 Å². The van der Waals surface area contributed by atoms with E-state index in [1.54, 1.807) is 0 Å². The van der Waals surface area contributed by atoms with Crippen molar-refractivity contribution in [3.8, 4) is 33.7 Å². The van der Waals surface area contributed by atoms with E-state index in [0.717, 1.165) is 38.2 Å². The molecule has 0 fully saturated rings. The fraction of sp³-hybridized carbons (Fsp3) is 0.0217. The van der Waals surface area contributed by atoms with Gasteiger partial charge in [-0.2, -0.15) is 0 Å². The Hall–Kier alpha value is -6.25. The van der Waals surface area contributed by atoms with Crippen LogP contribution in [0.5, 0.6) is 0 Å². The average molecular weight is 612 g/mol. The Morgan fingerprint density at radius 3 is 1.71 bits per heavy atom. The molecule has 0 N–H and O–H groups in total. The highest BCUT2D eigenvalue weighted by atomic mass is 16.3. The molecule has 48 heavy (non-hydrogen) atoms. The molecule has 0 saturated carbocycles. The van der Waals surface area contributed by atoms with E-state index in [2.05, 4.69) is 176 Å². The van der Waals surface area contributed by atoms with Crippen LogP contribution in [0.25, 0.3) is 66.4 Å². The van der Waals surface area contributed by atoms with Gasteiger partial charge in [-0.3, -0.25) is 0 Å². The van der Waals surface area contributed by atoms with Gasteiger partial charge in [-0.15, -0.1) is 0 Å². The molecular formula is C46H29NO. The molecule has 224 valence electrons. The van der Waals surface area contributed by atoms with Crippen molar-refractivity contribution in [2.45, 2.75) is 5.41 Å². The first-order valence-corrected chi connectivity index (χ1v) is 16.5. The lowest BCUT2D eigenvalue weighted by Gasteiger charge is -2.34. The first kappa shape index (κ1) is 26.9. The summed E-state index contributed by atoms with van der Waals surface area (Å²) in [6, 6.07) is 63.4. The number of hydrogen-bond donors (Lipinski definition) is 0. The fourth-order valence-electron chi connectivity index (χ4n) is 8.19. The van der Waals surface area contributed by atoms with Gasteiger partial charge < -0.3 is 4.42 Å². The van der Waals surface area contributed by atoms with Crippen LogP contribution < -0.4 is 0 Å². The minimum atomic E-state index is -0.458. The fourth-order valence-corrected chi connectivity index (χ4v) is 8.19.